The van der Waals surface area contributed by atoms with Crippen LogP contribution < -0.4 is 0 Å². The number of rotatable bonds is 4. The van der Waals surface area contributed by atoms with Gasteiger partial charge in [0.2, 0.25) is 0 Å². The molecular weight excluding hydrogens is 136 g/mol. The maximum Gasteiger partial charge on any atom is 0.0976 e. The molecule has 0 N–H and O–H groups in total. The lowest BCUT2D eigenvalue weighted by atomic mass is 10.2. The molecule has 1 aliphatic heterocycles. The molecule has 52 valence electrons. The van der Waals surface area contributed by atoms with Crippen LogP contribution in [0.4, 0.5) is 0 Å². The third-order valence-corrected chi connectivity index (χ3v) is 1.80. The molecule has 0 aromatic carbocycles. The second-order valence-corrected chi connectivity index (χ2v) is 2.54. The van der Waals surface area contributed by atoms with Gasteiger partial charge in [-0.15, -0.1) is 18.2 Å². The zero-order chi connectivity index (χ0) is 6.69. The van der Waals surface area contributed by atoms with Crippen LogP contribution >= 0.6 is 11.6 Å². The van der Waals surface area contributed by atoms with Gasteiger partial charge in [0.1, 0.15) is 0 Å². The molecule has 0 amide bonds. The van der Waals surface area contributed by atoms with Gasteiger partial charge in [0, 0.05) is 0 Å². The van der Waals surface area contributed by atoms with Gasteiger partial charge in [-0.2, -0.15) is 0 Å². The van der Waals surface area contributed by atoms with Crippen molar-refractivity contribution in [3.05, 3.63) is 12.7 Å². The lowest BCUT2D eigenvalue weighted by molar-refractivity contribution is 0.372. The Hall–Kier alpha value is -0.0100. The number of hydrogen-bond donors (Lipinski definition) is 0. The summed E-state index contributed by atoms with van der Waals surface area (Å²) in [5.74, 6) is 0.641. The normalized spacial score (nSPS) is 32.1. The van der Waals surface area contributed by atoms with Gasteiger partial charge >= 0.3 is 0 Å². The Kier molecular flexibility index (Phi) is 2.55. The fourth-order valence-electron chi connectivity index (χ4n) is 0.851. The quantitative estimate of drug-likeness (QED) is 0.336. The van der Waals surface area contributed by atoms with Crippen LogP contribution in [0.5, 0.6) is 0 Å². The monoisotopic (exact) mass is 146 g/mol. The standard InChI is InChI=1S/C7H11ClO/c1-2-3-4-6-7(5-8)9-6/h2,6-7H,1,3-5H2/t6-,7-/m0/s1. The van der Waals surface area contributed by atoms with Crippen LogP contribution in [0, 0.1) is 0 Å². The topological polar surface area (TPSA) is 12.5 Å². The Morgan fingerprint density at radius 1 is 1.56 bits per heavy atom. The van der Waals surface area contributed by atoms with Crippen LogP contribution in [0.3, 0.4) is 0 Å². The summed E-state index contributed by atoms with van der Waals surface area (Å²) >= 11 is 5.52. The van der Waals surface area contributed by atoms with Gasteiger partial charge in [-0.3, -0.25) is 0 Å². The summed E-state index contributed by atoms with van der Waals surface area (Å²) in [6.07, 6.45) is 4.80. The lowest BCUT2D eigenvalue weighted by Crippen LogP contribution is -1.93. The van der Waals surface area contributed by atoms with Crippen molar-refractivity contribution in [2.45, 2.75) is 25.0 Å². The zero-order valence-corrected chi connectivity index (χ0v) is 6.10. The predicted molar refractivity (Wildman–Crippen MR) is 38.8 cm³/mol. The molecule has 0 aromatic rings. The number of halogens is 1. The van der Waals surface area contributed by atoms with Crippen molar-refractivity contribution in [1.29, 1.82) is 0 Å². The first kappa shape index (κ1) is 7.10. The minimum Gasteiger partial charge on any atom is -0.368 e. The molecule has 1 fully saturated rings. The first-order valence-corrected chi connectivity index (χ1v) is 3.74. The highest BCUT2D eigenvalue weighted by atomic mass is 35.5. The Balaban J connectivity index is 1.98. The van der Waals surface area contributed by atoms with Crippen molar-refractivity contribution in [3.8, 4) is 0 Å². The van der Waals surface area contributed by atoms with E-state index < -0.39 is 0 Å². The molecular formula is C7H11ClO. The molecule has 0 bridgehead atoms. The molecule has 0 radical (unpaired) electrons. The van der Waals surface area contributed by atoms with Crippen LogP contribution in [0.15, 0.2) is 12.7 Å². The minimum atomic E-state index is 0.339. The van der Waals surface area contributed by atoms with Crippen LogP contribution in [0.1, 0.15) is 12.8 Å². The number of allylic oxidation sites excluding steroid dienone is 1. The Morgan fingerprint density at radius 2 is 2.33 bits per heavy atom. The lowest BCUT2D eigenvalue weighted by Gasteiger charge is -1.85. The number of ether oxygens (including phenoxy) is 1. The van der Waals surface area contributed by atoms with E-state index in [1.807, 2.05) is 6.08 Å². The Morgan fingerprint density at radius 3 is 2.78 bits per heavy atom. The smallest absolute Gasteiger partial charge is 0.0976 e. The molecule has 2 heteroatoms. The Labute approximate surface area is 60.7 Å². The summed E-state index contributed by atoms with van der Waals surface area (Å²) in [5, 5.41) is 0. The van der Waals surface area contributed by atoms with E-state index in [9.17, 15) is 0 Å². The molecule has 9 heavy (non-hydrogen) atoms. The number of epoxide rings is 1. The molecule has 0 saturated carbocycles. The molecule has 0 unspecified atom stereocenters. The first-order chi connectivity index (χ1) is 4.38. The Bertz CT molecular complexity index is 103. The van der Waals surface area contributed by atoms with Crippen molar-refractivity contribution in [1.82, 2.24) is 0 Å². The van der Waals surface area contributed by atoms with E-state index in [1.54, 1.807) is 0 Å². The summed E-state index contributed by atoms with van der Waals surface area (Å²) in [6, 6.07) is 0. The summed E-state index contributed by atoms with van der Waals surface area (Å²) in [7, 11) is 0. The van der Waals surface area contributed by atoms with Gasteiger partial charge in [0.15, 0.2) is 0 Å². The summed E-state index contributed by atoms with van der Waals surface area (Å²) < 4.78 is 5.19. The third kappa shape index (κ3) is 1.99. The number of hydrogen-bond acceptors (Lipinski definition) is 1. The molecule has 0 spiro atoms. The van der Waals surface area contributed by atoms with Crippen LogP contribution in [0.25, 0.3) is 0 Å². The average Bonchev–Trinajstić information content (AvgIpc) is 2.62. The zero-order valence-electron chi connectivity index (χ0n) is 5.35. The average molecular weight is 147 g/mol. The highest BCUT2D eigenvalue weighted by Gasteiger charge is 2.36. The van der Waals surface area contributed by atoms with Crippen LogP contribution in [-0.2, 0) is 4.74 Å². The van der Waals surface area contributed by atoms with E-state index in [-0.39, 0.29) is 0 Å². The van der Waals surface area contributed by atoms with Gasteiger partial charge in [0.25, 0.3) is 0 Å². The van der Waals surface area contributed by atoms with E-state index in [2.05, 4.69) is 6.58 Å². The molecule has 0 aromatic heterocycles. The van der Waals surface area contributed by atoms with Crippen molar-refractivity contribution in [3.63, 3.8) is 0 Å². The SMILES string of the molecule is C=CCC[C@@H]1O[C@H]1CCl. The van der Waals surface area contributed by atoms with Crippen molar-refractivity contribution in [2.75, 3.05) is 5.88 Å². The third-order valence-electron chi connectivity index (χ3n) is 1.50. The minimum absolute atomic E-state index is 0.339. The highest BCUT2D eigenvalue weighted by molar-refractivity contribution is 6.18. The fourth-order valence-corrected chi connectivity index (χ4v) is 1.12. The molecule has 2 atom stereocenters. The van der Waals surface area contributed by atoms with E-state index in [1.165, 1.54) is 0 Å². The van der Waals surface area contributed by atoms with Crippen molar-refractivity contribution in [2.24, 2.45) is 0 Å². The maximum absolute atomic E-state index is 5.52. The van der Waals surface area contributed by atoms with Crippen molar-refractivity contribution < 1.29 is 4.74 Å². The molecule has 1 rings (SSSR count). The molecule has 1 heterocycles. The molecule has 1 aliphatic rings. The molecule has 1 saturated heterocycles. The van der Waals surface area contributed by atoms with Gasteiger partial charge in [-0.25, -0.2) is 0 Å². The van der Waals surface area contributed by atoms with Crippen LogP contribution in [-0.4, -0.2) is 18.1 Å². The van der Waals surface area contributed by atoms with E-state index in [4.69, 9.17) is 16.3 Å². The van der Waals surface area contributed by atoms with Gasteiger partial charge in [-0.1, -0.05) is 6.08 Å². The van der Waals surface area contributed by atoms with E-state index >= 15 is 0 Å². The first-order valence-electron chi connectivity index (χ1n) is 3.20. The second-order valence-electron chi connectivity index (χ2n) is 2.23. The maximum atomic E-state index is 5.52. The molecule has 0 aliphatic carbocycles. The largest absolute Gasteiger partial charge is 0.368 e. The van der Waals surface area contributed by atoms with Crippen molar-refractivity contribution >= 4 is 11.6 Å². The highest BCUT2D eigenvalue weighted by Crippen LogP contribution is 2.27. The summed E-state index contributed by atoms with van der Waals surface area (Å²) in [4.78, 5) is 0. The molecule has 1 nitrogen and oxygen atoms in total. The van der Waals surface area contributed by atoms with E-state index in [0.717, 1.165) is 12.8 Å². The fraction of sp³-hybridized carbons (Fsp3) is 0.714. The van der Waals surface area contributed by atoms with Gasteiger partial charge in [0.05, 0.1) is 18.1 Å². The van der Waals surface area contributed by atoms with Gasteiger partial charge in [-0.05, 0) is 12.8 Å². The summed E-state index contributed by atoms with van der Waals surface area (Å²) in [6.45, 7) is 3.62. The van der Waals surface area contributed by atoms with Crippen LogP contribution in [0.2, 0.25) is 0 Å². The van der Waals surface area contributed by atoms with E-state index in [0.29, 0.717) is 18.1 Å². The number of alkyl halides is 1. The predicted octanol–water partition coefficient (Wildman–Crippen LogP) is 1.96. The summed E-state index contributed by atoms with van der Waals surface area (Å²) in [5.41, 5.74) is 0. The van der Waals surface area contributed by atoms with Gasteiger partial charge < -0.3 is 4.74 Å². The second kappa shape index (κ2) is 3.23.